The van der Waals surface area contributed by atoms with E-state index in [9.17, 15) is 18.0 Å². The van der Waals surface area contributed by atoms with Crippen LogP contribution >= 0.6 is 0 Å². The zero-order valence-corrected chi connectivity index (χ0v) is 16.6. The summed E-state index contributed by atoms with van der Waals surface area (Å²) in [5.41, 5.74) is 1.76. The number of carbonyl (C=O) groups excluding carboxylic acids is 2. The molecule has 0 spiro atoms. The van der Waals surface area contributed by atoms with Crippen LogP contribution in [0.5, 0.6) is 0 Å². The average molecular weight is 428 g/mol. The van der Waals surface area contributed by atoms with Gasteiger partial charge < -0.3 is 20.4 Å². The first-order chi connectivity index (χ1) is 14.3. The number of furan rings is 1. The molecule has 10 heteroatoms. The minimum absolute atomic E-state index is 0.0112. The molecule has 0 aliphatic rings. The number of benzene rings is 2. The Balaban J connectivity index is 1.48. The lowest BCUT2D eigenvalue weighted by atomic mass is 10.1. The SMILES string of the molecule is NS(=O)(=O)c1ccc(CC(=O)Nc2ccc(NC(=O)NCc3ccco3)cc2)cc1. The zero-order valence-electron chi connectivity index (χ0n) is 15.8. The van der Waals surface area contributed by atoms with E-state index in [0.29, 0.717) is 22.7 Å². The molecule has 30 heavy (non-hydrogen) atoms. The van der Waals surface area contributed by atoms with Gasteiger partial charge in [0.1, 0.15) is 5.76 Å². The highest BCUT2D eigenvalue weighted by molar-refractivity contribution is 7.89. The van der Waals surface area contributed by atoms with Crippen LogP contribution in [0.25, 0.3) is 0 Å². The van der Waals surface area contributed by atoms with Crippen molar-refractivity contribution < 1.29 is 22.4 Å². The smallest absolute Gasteiger partial charge is 0.319 e. The Bertz CT molecular complexity index is 1110. The number of sulfonamides is 1. The highest BCUT2D eigenvalue weighted by Crippen LogP contribution is 2.15. The lowest BCUT2D eigenvalue weighted by Gasteiger charge is -2.09. The van der Waals surface area contributed by atoms with Crippen LogP contribution in [0.3, 0.4) is 0 Å². The van der Waals surface area contributed by atoms with E-state index in [1.54, 1.807) is 36.4 Å². The number of hydrogen-bond acceptors (Lipinski definition) is 5. The van der Waals surface area contributed by atoms with Gasteiger partial charge in [-0.2, -0.15) is 0 Å². The van der Waals surface area contributed by atoms with E-state index < -0.39 is 10.0 Å². The number of primary sulfonamides is 1. The maximum atomic E-state index is 12.2. The van der Waals surface area contributed by atoms with Crippen molar-refractivity contribution in [1.82, 2.24) is 5.32 Å². The van der Waals surface area contributed by atoms with E-state index in [2.05, 4.69) is 16.0 Å². The van der Waals surface area contributed by atoms with Crippen LogP contribution in [0.15, 0.2) is 76.2 Å². The molecule has 9 nitrogen and oxygen atoms in total. The van der Waals surface area contributed by atoms with Gasteiger partial charge in [-0.05, 0) is 54.1 Å². The number of urea groups is 1. The molecule has 0 atom stereocenters. The van der Waals surface area contributed by atoms with Crippen molar-refractivity contribution in [2.45, 2.75) is 17.9 Å². The fraction of sp³-hybridized carbons (Fsp3) is 0.100. The van der Waals surface area contributed by atoms with Crippen molar-refractivity contribution in [3.63, 3.8) is 0 Å². The van der Waals surface area contributed by atoms with Gasteiger partial charge in [0.2, 0.25) is 15.9 Å². The molecule has 0 fully saturated rings. The lowest BCUT2D eigenvalue weighted by molar-refractivity contribution is -0.115. The molecule has 3 rings (SSSR count). The molecule has 0 aliphatic carbocycles. The van der Waals surface area contributed by atoms with E-state index >= 15 is 0 Å². The number of rotatable bonds is 7. The van der Waals surface area contributed by atoms with Crippen molar-refractivity contribution >= 4 is 33.3 Å². The van der Waals surface area contributed by atoms with Crippen LogP contribution in [-0.4, -0.2) is 20.4 Å². The van der Waals surface area contributed by atoms with Crippen molar-refractivity contribution in [3.8, 4) is 0 Å². The predicted octanol–water partition coefficient (Wildman–Crippen LogP) is 2.43. The molecule has 156 valence electrons. The number of anilines is 2. The van der Waals surface area contributed by atoms with Gasteiger partial charge in [0.25, 0.3) is 0 Å². The van der Waals surface area contributed by atoms with Gasteiger partial charge in [0.15, 0.2) is 0 Å². The zero-order chi connectivity index (χ0) is 21.6. The van der Waals surface area contributed by atoms with Gasteiger partial charge in [-0.25, -0.2) is 18.4 Å². The molecular weight excluding hydrogens is 408 g/mol. The third-order valence-electron chi connectivity index (χ3n) is 4.05. The molecule has 1 heterocycles. The van der Waals surface area contributed by atoms with E-state index in [-0.39, 0.29) is 29.8 Å². The summed E-state index contributed by atoms with van der Waals surface area (Å²) in [6.07, 6.45) is 1.60. The third kappa shape index (κ3) is 6.19. The lowest BCUT2D eigenvalue weighted by Crippen LogP contribution is -2.27. The van der Waals surface area contributed by atoms with Gasteiger partial charge in [-0.15, -0.1) is 0 Å². The summed E-state index contributed by atoms with van der Waals surface area (Å²) < 4.78 is 27.6. The van der Waals surface area contributed by atoms with Crippen molar-refractivity contribution in [2.75, 3.05) is 10.6 Å². The predicted molar refractivity (Wildman–Crippen MR) is 111 cm³/mol. The van der Waals surface area contributed by atoms with Gasteiger partial charge in [0.05, 0.1) is 24.1 Å². The Hall–Kier alpha value is -3.63. The number of carbonyl (C=O) groups is 2. The van der Waals surface area contributed by atoms with E-state index in [0.717, 1.165) is 0 Å². The van der Waals surface area contributed by atoms with E-state index in [1.165, 1.54) is 30.5 Å². The number of hydrogen-bond donors (Lipinski definition) is 4. The summed E-state index contributed by atoms with van der Waals surface area (Å²) in [5.74, 6) is 0.373. The first-order valence-corrected chi connectivity index (χ1v) is 10.4. The molecule has 0 radical (unpaired) electrons. The fourth-order valence-electron chi connectivity index (χ4n) is 2.58. The van der Waals surface area contributed by atoms with E-state index in [1.807, 2.05) is 0 Å². The normalized spacial score (nSPS) is 11.0. The Morgan fingerprint density at radius 2 is 1.53 bits per heavy atom. The first-order valence-electron chi connectivity index (χ1n) is 8.88. The fourth-order valence-corrected chi connectivity index (χ4v) is 3.10. The van der Waals surface area contributed by atoms with Crippen LogP contribution in [0.2, 0.25) is 0 Å². The quantitative estimate of drug-likeness (QED) is 0.457. The number of amides is 3. The second kappa shape index (κ2) is 9.25. The standard InChI is InChI=1S/C20H20N4O5S/c21-30(27,28)18-9-3-14(4-10-18)12-19(25)23-15-5-7-16(8-6-15)24-20(26)22-13-17-2-1-11-29-17/h1-11H,12-13H2,(H,23,25)(H2,21,27,28)(H2,22,24,26). The van der Waals surface area contributed by atoms with Crippen LogP contribution in [0.1, 0.15) is 11.3 Å². The largest absolute Gasteiger partial charge is 0.467 e. The second-order valence-corrected chi connectivity index (χ2v) is 7.94. The van der Waals surface area contributed by atoms with Gasteiger partial charge in [-0.3, -0.25) is 4.79 Å². The average Bonchev–Trinajstić information content (AvgIpc) is 3.21. The van der Waals surface area contributed by atoms with Crippen molar-refractivity contribution in [1.29, 1.82) is 0 Å². The Kier molecular flexibility index (Phi) is 6.50. The number of nitrogens with one attached hydrogen (secondary N) is 3. The molecule has 3 aromatic rings. The molecule has 0 bridgehead atoms. The molecule has 5 N–H and O–H groups in total. The summed E-state index contributed by atoms with van der Waals surface area (Å²) >= 11 is 0. The monoisotopic (exact) mass is 428 g/mol. The van der Waals surface area contributed by atoms with Crippen LogP contribution in [-0.2, 0) is 27.8 Å². The minimum atomic E-state index is -3.76. The number of nitrogens with two attached hydrogens (primary N) is 1. The van der Waals surface area contributed by atoms with Gasteiger partial charge in [-0.1, -0.05) is 12.1 Å². The summed E-state index contributed by atoms with van der Waals surface area (Å²) in [6, 6.07) is 15.5. The maximum Gasteiger partial charge on any atom is 0.319 e. The van der Waals surface area contributed by atoms with Crippen molar-refractivity contribution in [3.05, 3.63) is 78.3 Å². The van der Waals surface area contributed by atoms with Gasteiger partial charge >= 0.3 is 6.03 Å². The van der Waals surface area contributed by atoms with Gasteiger partial charge in [0, 0.05) is 11.4 Å². The molecule has 0 unspecified atom stereocenters. The minimum Gasteiger partial charge on any atom is -0.467 e. The molecule has 0 saturated heterocycles. The molecule has 3 amide bonds. The highest BCUT2D eigenvalue weighted by Gasteiger charge is 2.09. The van der Waals surface area contributed by atoms with Crippen LogP contribution in [0.4, 0.5) is 16.2 Å². The summed E-state index contributed by atoms with van der Waals surface area (Å²) in [6.45, 7) is 0.269. The third-order valence-corrected chi connectivity index (χ3v) is 4.98. The maximum absolute atomic E-state index is 12.2. The highest BCUT2D eigenvalue weighted by atomic mass is 32.2. The first kappa shape index (κ1) is 21.1. The molecule has 0 aliphatic heterocycles. The molecular formula is C20H20N4O5S. The second-order valence-electron chi connectivity index (χ2n) is 6.38. The summed E-state index contributed by atoms with van der Waals surface area (Å²) in [5, 5.41) is 13.1. The summed E-state index contributed by atoms with van der Waals surface area (Å²) in [4.78, 5) is 24.1. The summed E-state index contributed by atoms with van der Waals surface area (Å²) in [7, 11) is -3.76. The van der Waals surface area contributed by atoms with Crippen molar-refractivity contribution in [2.24, 2.45) is 5.14 Å². The Labute approximate surface area is 173 Å². The Morgan fingerprint density at radius 1 is 0.900 bits per heavy atom. The van der Waals surface area contributed by atoms with Crippen LogP contribution < -0.4 is 21.1 Å². The Morgan fingerprint density at radius 3 is 2.10 bits per heavy atom. The molecule has 1 aromatic heterocycles. The molecule has 2 aromatic carbocycles. The van der Waals surface area contributed by atoms with E-state index in [4.69, 9.17) is 9.56 Å². The topological polar surface area (TPSA) is 144 Å². The van der Waals surface area contributed by atoms with Crippen LogP contribution in [0, 0.1) is 0 Å². The molecule has 0 saturated carbocycles.